The highest BCUT2D eigenvalue weighted by molar-refractivity contribution is 6.09. The van der Waals surface area contributed by atoms with E-state index in [0.717, 1.165) is 17.5 Å². The number of benzene rings is 5. The summed E-state index contributed by atoms with van der Waals surface area (Å²) in [6.07, 6.45) is 9.50. The van der Waals surface area contributed by atoms with Crippen LogP contribution >= 0.6 is 0 Å². The summed E-state index contributed by atoms with van der Waals surface area (Å²) in [7, 11) is 0. The maximum Gasteiger partial charge on any atom is 0.0541 e. The van der Waals surface area contributed by atoms with Gasteiger partial charge in [-0.25, -0.2) is 0 Å². The molecule has 7 aromatic rings. The van der Waals surface area contributed by atoms with Gasteiger partial charge in [0.05, 0.1) is 16.6 Å². The molecule has 2 heteroatoms. The van der Waals surface area contributed by atoms with Crippen LogP contribution in [0.15, 0.2) is 134 Å². The number of para-hydroxylation sites is 2. The van der Waals surface area contributed by atoms with Gasteiger partial charge in [-0.15, -0.1) is 0 Å². The predicted octanol–water partition coefficient (Wildman–Crippen LogP) is 10.4. The maximum absolute atomic E-state index is 3.99. The number of rotatable bonds is 5. The summed E-state index contributed by atoms with van der Waals surface area (Å²) in [5.74, 6) is 0.289. The molecule has 1 unspecified atom stereocenters. The quantitative estimate of drug-likeness (QED) is 0.206. The molecular formula is C40H30N2. The second kappa shape index (κ2) is 9.64. The number of allylic oxidation sites excluding steroid dienone is 1. The van der Waals surface area contributed by atoms with Gasteiger partial charge in [-0.3, -0.25) is 0 Å². The van der Waals surface area contributed by atoms with Crippen LogP contribution in [0.1, 0.15) is 33.9 Å². The summed E-state index contributed by atoms with van der Waals surface area (Å²) < 4.78 is 4.80. The van der Waals surface area contributed by atoms with Gasteiger partial charge in [0.25, 0.3) is 0 Å². The molecule has 0 bridgehead atoms. The molecule has 200 valence electrons. The van der Waals surface area contributed by atoms with Crippen molar-refractivity contribution in [2.45, 2.75) is 12.3 Å². The molecule has 1 aliphatic carbocycles. The predicted molar refractivity (Wildman–Crippen MR) is 180 cm³/mol. The maximum atomic E-state index is 3.99. The lowest BCUT2D eigenvalue weighted by Gasteiger charge is -2.20. The first-order chi connectivity index (χ1) is 20.7. The topological polar surface area (TPSA) is 9.86 Å². The SMILES string of the molecule is C=Cc1cccc(-n2c3c(c4ccccc42)CC(c2cccc(-n4c5ccccc5c5cc(C=C)ccc54)c2)C=C3)c1. The molecule has 0 radical (unpaired) electrons. The molecule has 1 atom stereocenters. The van der Waals surface area contributed by atoms with E-state index in [0.29, 0.717) is 0 Å². The molecule has 0 saturated carbocycles. The van der Waals surface area contributed by atoms with Gasteiger partial charge in [-0.2, -0.15) is 0 Å². The van der Waals surface area contributed by atoms with E-state index >= 15 is 0 Å². The van der Waals surface area contributed by atoms with Crippen LogP contribution in [-0.2, 0) is 6.42 Å². The first-order valence-corrected chi connectivity index (χ1v) is 14.5. The Morgan fingerprint density at radius 2 is 1.24 bits per heavy atom. The van der Waals surface area contributed by atoms with Crippen LogP contribution in [0.25, 0.3) is 62.3 Å². The second-order valence-corrected chi connectivity index (χ2v) is 11.1. The average molecular weight is 539 g/mol. The van der Waals surface area contributed by atoms with Crippen LogP contribution in [-0.4, -0.2) is 9.13 Å². The smallest absolute Gasteiger partial charge is 0.0541 e. The first kappa shape index (κ1) is 24.5. The summed E-state index contributed by atoms with van der Waals surface area (Å²) >= 11 is 0. The highest BCUT2D eigenvalue weighted by Crippen LogP contribution is 2.39. The molecule has 42 heavy (non-hydrogen) atoms. The number of hydrogen-bond acceptors (Lipinski definition) is 0. The van der Waals surface area contributed by atoms with E-state index in [1.54, 1.807) is 0 Å². The van der Waals surface area contributed by atoms with Crippen molar-refractivity contribution >= 4 is 50.9 Å². The molecule has 8 rings (SSSR count). The minimum Gasteiger partial charge on any atom is -0.310 e. The van der Waals surface area contributed by atoms with Crippen LogP contribution in [0.2, 0.25) is 0 Å². The van der Waals surface area contributed by atoms with Gasteiger partial charge in [0.1, 0.15) is 0 Å². The molecule has 0 amide bonds. The van der Waals surface area contributed by atoms with Crippen molar-refractivity contribution in [2.24, 2.45) is 0 Å². The van der Waals surface area contributed by atoms with E-state index < -0.39 is 0 Å². The lowest BCUT2D eigenvalue weighted by Crippen LogP contribution is -2.08. The zero-order chi connectivity index (χ0) is 28.2. The molecule has 2 heterocycles. The summed E-state index contributed by atoms with van der Waals surface area (Å²) in [6.45, 7) is 7.97. The summed E-state index contributed by atoms with van der Waals surface area (Å²) in [5, 5.41) is 3.84. The Kier molecular flexibility index (Phi) is 5.61. The largest absolute Gasteiger partial charge is 0.310 e. The van der Waals surface area contributed by atoms with Gasteiger partial charge >= 0.3 is 0 Å². The standard InChI is InChI=1S/C40H30N2/c1-3-27-11-9-13-31(23-27)41-38-18-8-6-16-34(38)36-26-30(20-22-40(36)41)29-12-10-14-32(25-29)42-37-17-7-5-15-33(37)35-24-28(4-2)19-21-39(35)42/h3-25,30H,1-2,26H2. The minimum atomic E-state index is 0.289. The third-order valence-electron chi connectivity index (χ3n) is 8.78. The highest BCUT2D eigenvalue weighted by Gasteiger charge is 2.24. The molecule has 2 nitrogen and oxygen atoms in total. The lowest BCUT2D eigenvalue weighted by atomic mass is 9.86. The second-order valence-electron chi connectivity index (χ2n) is 11.1. The zero-order valence-corrected chi connectivity index (χ0v) is 23.4. The Bertz CT molecular complexity index is 2220. The van der Waals surface area contributed by atoms with E-state index in [1.165, 1.54) is 60.9 Å². The third-order valence-corrected chi connectivity index (χ3v) is 8.78. The summed E-state index contributed by atoms with van der Waals surface area (Å²) in [4.78, 5) is 0. The van der Waals surface area contributed by atoms with Crippen molar-refractivity contribution in [3.8, 4) is 11.4 Å². The zero-order valence-electron chi connectivity index (χ0n) is 23.4. The van der Waals surface area contributed by atoms with Crippen LogP contribution in [0.4, 0.5) is 0 Å². The van der Waals surface area contributed by atoms with Gasteiger partial charge < -0.3 is 9.13 Å². The average Bonchev–Trinajstić information content (AvgIpc) is 3.57. The monoisotopic (exact) mass is 538 g/mol. The Morgan fingerprint density at radius 3 is 2.05 bits per heavy atom. The van der Waals surface area contributed by atoms with Crippen LogP contribution in [0.3, 0.4) is 0 Å². The van der Waals surface area contributed by atoms with Crippen LogP contribution in [0.5, 0.6) is 0 Å². The highest BCUT2D eigenvalue weighted by atomic mass is 15.0. The Balaban J connectivity index is 1.25. The van der Waals surface area contributed by atoms with Crippen molar-refractivity contribution in [3.63, 3.8) is 0 Å². The fourth-order valence-corrected chi connectivity index (χ4v) is 6.80. The Labute approximate surface area is 245 Å². The van der Waals surface area contributed by atoms with E-state index in [1.807, 2.05) is 12.2 Å². The van der Waals surface area contributed by atoms with E-state index in [9.17, 15) is 0 Å². The van der Waals surface area contributed by atoms with Gasteiger partial charge in [0.2, 0.25) is 0 Å². The van der Waals surface area contributed by atoms with Crippen LogP contribution < -0.4 is 0 Å². The van der Waals surface area contributed by atoms with Gasteiger partial charge in [0, 0.05) is 39.1 Å². The van der Waals surface area contributed by atoms with E-state index in [4.69, 9.17) is 0 Å². The number of fused-ring (bicyclic) bond motifs is 6. The third kappa shape index (κ3) is 3.73. The lowest BCUT2D eigenvalue weighted by molar-refractivity contribution is 0.824. The first-order valence-electron chi connectivity index (χ1n) is 14.5. The molecule has 0 aliphatic heterocycles. The van der Waals surface area contributed by atoms with Crippen molar-refractivity contribution in [3.05, 3.63) is 162 Å². The summed E-state index contributed by atoms with van der Waals surface area (Å²) in [5.41, 5.74) is 12.3. The van der Waals surface area contributed by atoms with Crippen molar-refractivity contribution < 1.29 is 0 Å². The molecule has 5 aromatic carbocycles. The fraction of sp³-hybridized carbons (Fsp3) is 0.0500. The van der Waals surface area contributed by atoms with Crippen LogP contribution in [0, 0.1) is 0 Å². The van der Waals surface area contributed by atoms with Crippen molar-refractivity contribution in [2.75, 3.05) is 0 Å². The molecule has 0 spiro atoms. The van der Waals surface area contributed by atoms with Gasteiger partial charge in [-0.1, -0.05) is 98.1 Å². The van der Waals surface area contributed by atoms with E-state index in [2.05, 4.69) is 150 Å². The Morgan fingerprint density at radius 1 is 0.571 bits per heavy atom. The van der Waals surface area contributed by atoms with Gasteiger partial charge in [0.15, 0.2) is 0 Å². The fourth-order valence-electron chi connectivity index (χ4n) is 6.80. The van der Waals surface area contributed by atoms with Crippen molar-refractivity contribution in [1.82, 2.24) is 9.13 Å². The number of nitrogens with zero attached hydrogens (tertiary/aromatic N) is 2. The molecular weight excluding hydrogens is 508 g/mol. The molecule has 0 N–H and O–H groups in total. The Hall–Kier alpha value is -5.34. The number of hydrogen-bond donors (Lipinski definition) is 0. The molecule has 2 aromatic heterocycles. The molecule has 0 fully saturated rings. The van der Waals surface area contributed by atoms with Gasteiger partial charge in [-0.05, 0) is 83.3 Å². The molecule has 0 saturated heterocycles. The number of aromatic nitrogens is 2. The minimum absolute atomic E-state index is 0.289. The van der Waals surface area contributed by atoms with E-state index in [-0.39, 0.29) is 5.92 Å². The molecule has 1 aliphatic rings. The normalized spacial score (nSPS) is 14.4. The summed E-state index contributed by atoms with van der Waals surface area (Å²) in [6, 6.07) is 41.8. The van der Waals surface area contributed by atoms with Crippen molar-refractivity contribution in [1.29, 1.82) is 0 Å².